The van der Waals surface area contributed by atoms with E-state index in [0.717, 1.165) is 22.1 Å². The predicted molar refractivity (Wildman–Crippen MR) is 110 cm³/mol. The van der Waals surface area contributed by atoms with Crippen LogP contribution in [0.15, 0.2) is 90.2 Å². The molecule has 0 saturated carbocycles. The van der Waals surface area contributed by atoms with Crippen molar-refractivity contribution in [3.8, 4) is 0 Å². The molecule has 0 radical (unpaired) electrons. The van der Waals surface area contributed by atoms with Gasteiger partial charge in [0.15, 0.2) is 0 Å². The molecule has 14 heteroatoms. The van der Waals surface area contributed by atoms with Gasteiger partial charge in [-0.3, -0.25) is 0 Å². The lowest BCUT2D eigenvalue weighted by Gasteiger charge is -2.15. The van der Waals surface area contributed by atoms with E-state index in [0.29, 0.717) is 0 Å². The normalized spacial score (nSPS) is 13.2. The Balaban J connectivity index is 0.000000246. The monoisotopic (exact) mass is 492 g/mol. The number of para-hydroxylation sites is 2. The molecule has 0 spiro atoms. The maximum absolute atomic E-state index is 9.75. The summed E-state index contributed by atoms with van der Waals surface area (Å²) in [6.45, 7) is 0. The Morgan fingerprint density at radius 2 is 0.812 bits per heavy atom. The smallest absolute Gasteiger partial charge is 0.418 e. The van der Waals surface area contributed by atoms with Crippen LogP contribution in [0, 0.1) is 0 Å². The molecule has 3 aromatic rings. The predicted octanol–water partition coefficient (Wildman–Crippen LogP) is 7.12. The SMILES string of the molecule is F[B-](F)(F)F.F[B-](F)(F)F.c1ccc2c(c1)N=c1cc3c(cc1S2)=Nc1ccccc1S3. The molecule has 0 saturated heterocycles. The van der Waals surface area contributed by atoms with Crippen molar-refractivity contribution < 1.29 is 34.5 Å². The van der Waals surface area contributed by atoms with Crippen LogP contribution in [0.25, 0.3) is 0 Å². The Hall–Kier alpha value is -2.47. The van der Waals surface area contributed by atoms with E-state index >= 15 is 0 Å². The standard InChI is InChI=1S/C18H10N2S2.2BF4/c1-3-7-15-11(5-1)19-13-9-18-14(10-17(13)21-15)20-12-6-2-4-8-16(12)22-18;2*2-1(3,4)5/h1-10H;;/q;2*-1. The lowest BCUT2D eigenvalue weighted by molar-refractivity contribution is 0.366. The minimum absolute atomic E-state index is 1.05. The van der Waals surface area contributed by atoms with Crippen LogP contribution in [0.2, 0.25) is 0 Å². The summed E-state index contributed by atoms with van der Waals surface area (Å²) in [6, 6.07) is 20.9. The van der Waals surface area contributed by atoms with Crippen LogP contribution in [0.4, 0.5) is 45.9 Å². The van der Waals surface area contributed by atoms with Crippen molar-refractivity contribution in [2.75, 3.05) is 0 Å². The Morgan fingerprint density at radius 1 is 0.500 bits per heavy atom. The number of rotatable bonds is 0. The van der Waals surface area contributed by atoms with Crippen molar-refractivity contribution in [3.63, 3.8) is 0 Å². The van der Waals surface area contributed by atoms with E-state index in [4.69, 9.17) is 9.98 Å². The molecule has 3 aromatic carbocycles. The van der Waals surface area contributed by atoms with Crippen LogP contribution in [0.5, 0.6) is 0 Å². The second-order valence-corrected chi connectivity index (χ2v) is 8.31. The quantitative estimate of drug-likeness (QED) is 0.170. The Labute approximate surface area is 185 Å². The van der Waals surface area contributed by atoms with Crippen LogP contribution in [-0.2, 0) is 0 Å². The number of benzene rings is 3. The molecule has 2 aliphatic rings. The molecule has 2 nitrogen and oxygen atoms in total. The fourth-order valence-electron chi connectivity index (χ4n) is 2.64. The van der Waals surface area contributed by atoms with Crippen LogP contribution in [0.1, 0.15) is 0 Å². The van der Waals surface area contributed by atoms with Gasteiger partial charge < -0.3 is 34.5 Å². The summed E-state index contributed by atoms with van der Waals surface area (Å²) >= 11 is 3.55. The van der Waals surface area contributed by atoms with E-state index in [1.807, 2.05) is 12.1 Å². The first-order valence-electron chi connectivity index (χ1n) is 8.77. The highest BCUT2D eigenvalue weighted by Crippen LogP contribution is 2.39. The third-order valence-electron chi connectivity index (χ3n) is 3.69. The van der Waals surface area contributed by atoms with Crippen molar-refractivity contribution in [1.29, 1.82) is 0 Å². The molecule has 0 amide bonds. The molecule has 0 unspecified atom stereocenters. The van der Waals surface area contributed by atoms with Gasteiger partial charge >= 0.3 is 14.5 Å². The molecule has 5 rings (SSSR count). The van der Waals surface area contributed by atoms with Gasteiger partial charge in [0.05, 0.1) is 22.1 Å². The lowest BCUT2D eigenvalue weighted by Crippen LogP contribution is -2.17. The van der Waals surface area contributed by atoms with E-state index in [1.54, 1.807) is 23.5 Å². The van der Waals surface area contributed by atoms with Gasteiger partial charge in [-0.05, 0) is 36.4 Å². The van der Waals surface area contributed by atoms with Crippen molar-refractivity contribution >= 4 is 49.4 Å². The number of nitrogens with zero attached hydrogens (tertiary/aromatic N) is 2. The molecule has 0 bridgehead atoms. The van der Waals surface area contributed by atoms with Crippen molar-refractivity contribution in [2.45, 2.75) is 19.6 Å². The van der Waals surface area contributed by atoms with Crippen molar-refractivity contribution in [2.24, 2.45) is 9.98 Å². The topological polar surface area (TPSA) is 24.7 Å². The van der Waals surface area contributed by atoms with Gasteiger partial charge in [-0.25, -0.2) is 9.98 Å². The van der Waals surface area contributed by atoms with Crippen molar-refractivity contribution in [3.05, 3.63) is 71.4 Å². The second-order valence-electron chi connectivity index (χ2n) is 6.14. The van der Waals surface area contributed by atoms with Gasteiger partial charge in [0.25, 0.3) is 0 Å². The number of hydrogen-bond acceptors (Lipinski definition) is 4. The average molecular weight is 492 g/mol. The molecule has 0 N–H and O–H groups in total. The Kier molecular flexibility index (Phi) is 7.23. The summed E-state index contributed by atoms with van der Waals surface area (Å²) in [7, 11) is -12.0. The lowest BCUT2D eigenvalue weighted by atomic mass is 10.2. The number of halogens is 8. The molecule has 0 fully saturated rings. The summed E-state index contributed by atoms with van der Waals surface area (Å²) in [5.74, 6) is 0. The molecular formula is C18H10B2F8N2S2-2. The molecule has 2 heterocycles. The van der Waals surface area contributed by atoms with Gasteiger partial charge in [0.1, 0.15) is 0 Å². The first-order chi connectivity index (χ1) is 14.9. The molecule has 0 aromatic heterocycles. The minimum atomic E-state index is -6.00. The Morgan fingerprint density at radius 3 is 1.16 bits per heavy atom. The number of fused-ring (bicyclic) bond motifs is 4. The summed E-state index contributed by atoms with van der Waals surface area (Å²) in [4.78, 5) is 14.4. The van der Waals surface area contributed by atoms with E-state index < -0.39 is 14.5 Å². The highest BCUT2D eigenvalue weighted by Gasteiger charge is 2.21. The van der Waals surface area contributed by atoms with E-state index in [1.165, 1.54) is 19.6 Å². The molecule has 2 aliphatic heterocycles. The van der Waals surface area contributed by atoms with Crippen LogP contribution in [0.3, 0.4) is 0 Å². The van der Waals surface area contributed by atoms with E-state index in [-0.39, 0.29) is 0 Å². The third kappa shape index (κ3) is 7.30. The van der Waals surface area contributed by atoms with Gasteiger partial charge in [0, 0.05) is 19.6 Å². The van der Waals surface area contributed by atoms with Gasteiger partial charge in [-0.2, -0.15) is 0 Å². The highest BCUT2D eigenvalue weighted by atomic mass is 32.2. The minimum Gasteiger partial charge on any atom is -0.418 e. The zero-order valence-corrected chi connectivity index (χ0v) is 17.3. The fourth-order valence-corrected chi connectivity index (χ4v) is 4.61. The molecule has 0 atom stereocenters. The van der Waals surface area contributed by atoms with Gasteiger partial charge in [-0.1, -0.05) is 47.8 Å². The maximum Gasteiger partial charge on any atom is 0.673 e. The second kappa shape index (κ2) is 9.57. The zero-order valence-electron chi connectivity index (χ0n) is 15.7. The first-order valence-corrected chi connectivity index (χ1v) is 10.4. The molecule has 168 valence electrons. The summed E-state index contributed by atoms with van der Waals surface area (Å²) in [6.07, 6.45) is 0. The first kappa shape index (κ1) is 24.2. The summed E-state index contributed by atoms with van der Waals surface area (Å²) in [5.41, 5.74) is 2.11. The molecule has 0 aliphatic carbocycles. The van der Waals surface area contributed by atoms with Crippen LogP contribution < -0.4 is 10.7 Å². The fraction of sp³-hybridized carbons (Fsp3) is 0. The zero-order chi connectivity index (χ0) is 23.5. The summed E-state index contributed by atoms with van der Waals surface area (Å²) < 4.78 is 78.0. The largest absolute Gasteiger partial charge is 0.673 e. The van der Waals surface area contributed by atoms with Crippen LogP contribution >= 0.6 is 23.5 Å². The highest BCUT2D eigenvalue weighted by molar-refractivity contribution is 8.00. The summed E-state index contributed by atoms with van der Waals surface area (Å²) in [5, 5.41) is 2.09. The maximum atomic E-state index is 9.75. The van der Waals surface area contributed by atoms with Crippen molar-refractivity contribution in [1.82, 2.24) is 0 Å². The van der Waals surface area contributed by atoms with E-state index in [2.05, 4.69) is 48.5 Å². The van der Waals surface area contributed by atoms with E-state index in [9.17, 15) is 34.5 Å². The molecular weight excluding hydrogens is 482 g/mol. The van der Waals surface area contributed by atoms with Gasteiger partial charge in [-0.15, -0.1) is 0 Å². The van der Waals surface area contributed by atoms with Gasteiger partial charge in [0.2, 0.25) is 0 Å². The molecule has 32 heavy (non-hydrogen) atoms. The third-order valence-corrected chi connectivity index (χ3v) is 5.92. The Bertz CT molecular complexity index is 1140. The van der Waals surface area contributed by atoms with Crippen LogP contribution in [-0.4, -0.2) is 14.5 Å². The number of hydrogen-bond donors (Lipinski definition) is 0. The average Bonchev–Trinajstić information content (AvgIpc) is 2.66.